The Bertz CT molecular complexity index is 825. The summed E-state index contributed by atoms with van der Waals surface area (Å²) in [6.07, 6.45) is 0. The average molecular weight is 389 g/mol. The van der Waals surface area contributed by atoms with Crippen LogP contribution in [0.2, 0.25) is 0 Å². The summed E-state index contributed by atoms with van der Waals surface area (Å²) in [4.78, 5) is 16.7. The van der Waals surface area contributed by atoms with Gasteiger partial charge >= 0.3 is 0 Å². The number of ether oxygens (including phenoxy) is 1. The topological polar surface area (TPSA) is 44.8 Å². The summed E-state index contributed by atoms with van der Waals surface area (Å²) in [5, 5.41) is 2.64. The van der Waals surface area contributed by atoms with E-state index in [1.165, 1.54) is 6.07 Å². The third-order valence-corrected chi connectivity index (χ3v) is 4.99. The minimum Gasteiger partial charge on any atom is -0.378 e. The van der Waals surface area contributed by atoms with Crippen molar-refractivity contribution < 1.29 is 18.3 Å². The quantitative estimate of drug-likeness (QED) is 0.824. The lowest BCUT2D eigenvalue weighted by Crippen LogP contribution is -2.40. The maximum absolute atomic E-state index is 13.3. The van der Waals surface area contributed by atoms with E-state index < -0.39 is 17.7 Å². The van der Waals surface area contributed by atoms with Gasteiger partial charge in [0.25, 0.3) is 0 Å². The predicted octanol–water partition coefficient (Wildman–Crippen LogP) is 3.26. The molecule has 3 rings (SSSR count). The zero-order chi connectivity index (χ0) is 20.1. The van der Waals surface area contributed by atoms with Crippen molar-refractivity contribution in [1.29, 1.82) is 0 Å². The van der Waals surface area contributed by atoms with E-state index in [1.807, 2.05) is 24.1 Å². The number of amides is 1. The van der Waals surface area contributed by atoms with E-state index in [4.69, 9.17) is 4.74 Å². The molecule has 0 aromatic heterocycles. The Morgan fingerprint density at radius 2 is 1.89 bits per heavy atom. The fraction of sp³-hybridized carbons (Fsp3) is 0.381. The van der Waals surface area contributed by atoms with Gasteiger partial charge < -0.3 is 15.0 Å². The van der Waals surface area contributed by atoms with Crippen LogP contribution in [0.4, 0.5) is 20.2 Å². The van der Waals surface area contributed by atoms with Gasteiger partial charge in [0.1, 0.15) is 0 Å². The van der Waals surface area contributed by atoms with Crippen LogP contribution in [0.1, 0.15) is 12.5 Å². The fourth-order valence-electron chi connectivity index (χ4n) is 3.18. The van der Waals surface area contributed by atoms with Crippen LogP contribution in [0.5, 0.6) is 0 Å². The molecular weight excluding hydrogens is 364 g/mol. The maximum Gasteiger partial charge on any atom is 0.241 e. The van der Waals surface area contributed by atoms with Crippen LogP contribution < -0.4 is 10.2 Å². The van der Waals surface area contributed by atoms with Crippen LogP contribution in [-0.2, 0) is 16.1 Å². The molecule has 2 aromatic carbocycles. The van der Waals surface area contributed by atoms with Crippen molar-refractivity contribution >= 4 is 17.3 Å². The summed E-state index contributed by atoms with van der Waals surface area (Å²) in [5.74, 6) is -2.21. The summed E-state index contributed by atoms with van der Waals surface area (Å²) in [6, 6.07) is 11.0. The van der Waals surface area contributed by atoms with Gasteiger partial charge in [0.05, 0.1) is 19.3 Å². The van der Waals surface area contributed by atoms with Crippen LogP contribution in [0.3, 0.4) is 0 Å². The number of nitrogens with one attached hydrogen (secondary N) is 1. The summed E-state index contributed by atoms with van der Waals surface area (Å²) in [6.45, 7) is 5.46. The van der Waals surface area contributed by atoms with Gasteiger partial charge in [0.2, 0.25) is 5.91 Å². The van der Waals surface area contributed by atoms with Gasteiger partial charge in [-0.15, -0.1) is 0 Å². The minimum atomic E-state index is -0.988. The zero-order valence-corrected chi connectivity index (χ0v) is 16.1. The van der Waals surface area contributed by atoms with Gasteiger partial charge in [-0.3, -0.25) is 9.69 Å². The average Bonchev–Trinajstić information content (AvgIpc) is 2.71. The number of nitrogens with zero attached hydrogens (tertiary/aromatic N) is 2. The van der Waals surface area contributed by atoms with E-state index in [9.17, 15) is 13.6 Å². The van der Waals surface area contributed by atoms with Crippen molar-refractivity contribution in [3.63, 3.8) is 0 Å². The van der Waals surface area contributed by atoms with Crippen molar-refractivity contribution in [3.8, 4) is 0 Å². The second kappa shape index (κ2) is 9.12. The Hall–Kier alpha value is -2.51. The normalized spacial score (nSPS) is 15.5. The highest BCUT2D eigenvalue weighted by atomic mass is 19.2. The molecular formula is C21H25F2N3O2. The van der Waals surface area contributed by atoms with Gasteiger partial charge in [0.15, 0.2) is 11.6 Å². The van der Waals surface area contributed by atoms with Gasteiger partial charge in [0, 0.05) is 37.1 Å². The lowest BCUT2D eigenvalue weighted by Gasteiger charge is -2.32. The first-order valence-electron chi connectivity index (χ1n) is 9.32. The summed E-state index contributed by atoms with van der Waals surface area (Å²) in [5.41, 5.74) is 2.50. The van der Waals surface area contributed by atoms with Crippen LogP contribution in [0.25, 0.3) is 0 Å². The standard InChI is InChI=1S/C21H25F2N3O2/c1-15(21(27)24-17-7-8-18(22)19(23)13-17)25(2)14-16-5-3-4-6-20(16)26-9-11-28-12-10-26/h3-8,13,15H,9-12,14H2,1-2H3,(H,24,27)/t15-/m0/s1. The van der Waals surface area contributed by atoms with Crippen molar-refractivity contribution in [2.75, 3.05) is 43.6 Å². The number of carbonyl (C=O) groups excluding carboxylic acids is 1. The Labute approximate surface area is 163 Å². The molecule has 150 valence electrons. The van der Waals surface area contributed by atoms with Crippen LogP contribution in [0.15, 0.2) is 42.5 Å². The zero-order valence-electron chi connectivity index (χ0n) is 16.1. The molecule has 0 saturated carbocycles. The first-order valence-corrected chi connectivity index (χ1v) is 9.32. The summed E-state index contributed by atoms with van der Waals surface area (Å²) < 4.78 is 31.8. The highest BCUT2D eigenvalue weighted by Crippen LogP contribution is 2.23. The Balaban J connectivity index is 1.66. The maximum atomic E-state index is 13.3. The number of para-hydroxylation sites is 1. The Kier molecular flexibility index (Phi) is 6.59. The molecule has 1 amide bonds. The first kappa shape index (κ1) is 20.2. The number of anilines is 2. The van der Waals surface area contributed by atoms with E-state index >= 15 is 0 Å². The third-order valence-electron chi connectivity index (χ3n) is 4.99. The number of carbonyl (C=O) groups is 1. The van der Waals surface area contributed by atoms with Crippen molar-refractivity contribution in [1.82, 2.24) is 4.90 Å². The molecule has 5 nitrogen and oxygen atoms in total. The molecule has 7 heteroatoms. The van der Waals surface area contributed by atoms with E-state index in [-0.39, 0.29) is 11.6 Å². The van der Waals surface area contributed by atoms with Gasteiger partial charge in [-0.1, -0.05) is 18.2 Å². The molecule has 1 N–H and O–H groups in total. The van der Waals surface area contributed by atoms with Crippen LogP contribution in [-0.4, -0.2) is 50.2 Å². The highest BCUT2D eigenvalue weighted by molar-refractivity contribution is 5.94. The molecule has 0 aliphatic carbocycles. The second-order valence-corrected chi connectivity index (χ2v) is 6.94. The summed E-state index contributed by atoms with van der Waals surface area (Å²) >= 11 is 0. The molecule has 0 unspecified atom stereocenters. The molecule has 1 saturated heterocycles. The molecule has 0 radical (unpaired) electrons. The number of likely N-dealkylation sites (N-methyl/N-ethyl adjacent to an activating group) is 1. The largest absolute Gasteiger partial charge is 0.378 e. The molecule has 1 heterocycles. The van der Waals surface area contributed by atoms with E-state index in [0.717, 1.165) is 36.5 Å². The third kappa shape index (κ3) is 4.85. The predicted molar refractivity (Wildman–Crippen MR) is 105 cm³/mol. The Morgan fingerprint density at radius 1 is 1.18 bits per heavy atom. The molecule has 1 atom stereocenters. The molecule has 1 aliphatic heterocycles. The number of morpholine rings is 1. The van der Waals surface area contributed by atoms with Crippen molar-refractivity contribution in [3.05, 3.63) is 59.7 Å². The molecule has 2 aromatic rings. The van der Waals surface area contributed by atoms with E-state index in [2.05, 4.69) is 22.3 Å². The first-order chi connectivity index (χ1) is 13.5. The lowest BCUT2D eigenvalue weighted by molar-refractivity contribution is -0.120. The number of hydrogen-bond acceptors (Lipinski definition) is 4. The second-order valence-electron chi connectivity index (χ2n) is 6.94. The molecule has 0 bridgehead atoms. The Morgan fingerprint density at radius 3 is 2.61 bits per heavy atom. The lowest BCUT2D eigenvalue weighted by atomic mass is 10.1. The summed E-state index contributed by atoms with van der Waals surface area (Å²) in [7, 11) is 1.87. The number of rotatable bonds is 6. The number of hydrogen-bond donors (Lipinski definition) is 1. The van der Waals surface area contributed by atoms with Gasteiger partial charge in [-0.2, -0.15) is 0 Å². The van der Waals surface area contributed by atoms with Gasteiger partial charge in [-0.05, 0) is 37.7 Å². The fourth-order valence-corrected chi connectivity index (χ4v) is 3.18. The monoisotopic (exact) mass is 389 g/mol. The highest BCUT2D eigenvalue weighted by Gasteiger charge is 2.21. The minimum absolute atomic E-state index is 0.234. The molecule has 1 fully saturated rings. The number of benzene rings is 2. The van der Waals surface area contributed by atoms with Crippen LogP contribution >= 0.6 is 0 Å². The number of halogens is 2. The van der Waals surface area contributed by atoms with Gasteiger partial charge in [-0.25, -0.2) is 8.78 Å². The van der Waals surface area contributed by atoms with E-state index in [0.29, 0.717) is 19.8 Å². The van der Waals surface area contributed by atoms with Crippen molar-refractivity contribution in [2.24, 2.45) is 0 Å². The molecule has 0 spiro atoms. The van der Waals surface area contributed by atoms with Crippen molar-refractivity contribution in [2.45, 2.75) is 19.5 Å². The molecule has 1 aliphatic rings. The smallest absolute Gasteiger partial charge is 0.241 e. The molecule has 28 heavy (non-hydrogen) atoms. The SMILES string of the molecule is C[C@@H](C(=O)Nc1ccc(F)c(F)c1)N(C)Cc1ccccc1N1CCOCC1. The van der Waals surface area contributed by atoms with E-state index in [1.54, 1.807) is 6.92 Å². The van der Waals surface area contributed by atoms with Crippen LogP contribution in [0, 0.1) is 11.6 Å².